The molecule has 18 heavy (non-hydrogen) atoms. The first kappa shape index (κ1) is 12.9. The van der Waals surface area contributed by atoms with Crippen LogP contribution in [-0.4, -0.2) is 19.0 Å². The van der Waals surface area contributed by atoms with Gasteiger partial charge in [0.25, 0.3) is 0 Å². The normalized spacial score (nSPS) is 18.4. The molecular weight excluding hydrogens is 222 g/mol. The van der Waals surface area contributed by atoms with Crippen LogP contribution in [0.15, 0.2) is 29.3 Å². The molecule has 3 heteroatoms. The Morgan fingerprint density at radius 2 is 2.22 bits per heavy atom. The second-order valence-electron chi connectivity index (χ2n) is 5.44. The van der Waals surface area contributed by atoms with Gasteiger partial charge < -0.3 is 11.1 Å². The zero-order valence-corrected chi connectivity index (χ0v) is 11.3. The Morgan fingerprint density at radius 1 is 1.44 bits per heavy atom. The van der Waals surface area contributed by atoms with Crippen LogP contribution in [0.2, 0.25) is 0 Å². The van der Waals surface area contributed by atoms with Gasteiger partial charge in [-0.15, -0.1) is 0 Å². The number of nitrogens with one attached hydrogen (secondary N) is 1. The Kier molecular flexibility index (Phi) is 4.24. The Morgan fingerprint density at radius 3 is 2.94 bits per heavy atom. The minimum Gasteiger partial charge on any atom is -0.370 e. The molecule has 98 valence electrons. The first-order valence-electron chi connectivity index (χ1n) is 6.78. The average molecular weight is 245 g/mol. The summed E-state index contributed by atoms with van der Waals surface area (Å²) in [5.74, 6) is 1.84. The van der Waals surface area contributed by atoms with Crippen molar-refractivity contribution in [1.82, 2.24) is 5.32 Å². The van der Waals surface area contributed by atoms with Gasteiger partial charge in [0, 0.05) is 19.0 Å². The van der Waals surface area contributed by atoms with E-state index >= 15 is 0 Å². The largest absolute Gasteiger partial charge is 0.370 e. The van der Waals surface area contributed by atoms with Gasteiger partial charge >= 0.3 is 0 Å². The van der Waals surface area contributed by atoms with Crippen LogP contribution >= 0.6 is 0 Å². The zero-order valence-electron chi connectivity index (χ0n) is 11.3. The smallest absolute Gasteiger partial charge is 0.188 e. The molecule has 0 spiro atoms. The standard InChI is InChI=1S/C15H23N3/c1-11(2)7-8-17-15(16)18-10-13-9-12-5-3-4-6-14(12)13/h3-6,11,13H,7-10H2,1-2H3,(H3,16,17,18). The van der Waals surface area contributed by atoms with Gasteiger partial charge in [0.05, 0.1) is 0 Å². The van der Waals surface area contributed by atoms with Gasteiger partial charge in [-0.25, -0.2) is 0 Å². The van der Waals surface area contributed by atoms with E-state index < -0.39 is 0 Å². The van der Waals surface area contributed by atoms with Crippen molar-refractivity contribution in [2.75, 3.05) is 13.1 Å². The maximum Gasteiger partial charge on any atom is 0.188 e. The van der Waals surface area contributed by atoms with E-state index in [0.29, 0.717) is 17.8 Å². The SMILES string of the molecule is CC(C)CCNC(N)=NCC1Cc2ccccc21. The zero-order chi connectivity index (χ0) is 13.0. The minimum absolute atomic E-state index is 0.562. The van der Waals surface area contributed by atoms with Crippen molar-refractivity contribution in [1.29, 1.82) is 0 Å². The second-order valence-corrected chi connectivity index (χ2v) is 5.44. The van der Waals surface area contributed by atoms with Crippen LogP contribution in [-0.2, 0) is 6.42 Å². The molecule has 1 aromatic rings. The Bertz CT molecular complexity index is 424. The highest BCUT2D eigenvalue weighted by Gasteiger charge is 2.24. The van der Waals surface area contributed by atoms with Crippen molar-refractivity contribution in [3.63, 3.8) is 0 Å². The van der Waals surface area contributed by atoms with Gasteiger partial charge in [-0.2, -0.15) is 0 Å². The van der Waals surface area contributed by atoms with E-state index in [4.69, 9.17) is 5.73 Å². The van der Waals surface area contributed by atoms with Gasteiger partial charge in [-0.05, 0) is 29.9 Å². The maximum atomic E-state index is 5.85. The van der Waals surface area contributed by atoms with Gasteiger partial charge in [0.2, 0.25) is 0 Å². The molecule has 0 radical (unpaired) electrons. The van der Waals surface area contributed by atoms with Gasteiger partial charge in [-0.1, -0.05) is 38.1 Å². The molecule has 0 heterocycles. The summed E-state index contributed by atoms with van der Waals surface area (Å²) in [4.78, 5) is 4.43. The number of hydrogen-bond donors (Lipinski definition) is 2. The number of benzene rings is 1. The summed E-state index contributed by atoms with van der Waals surface area (Å²) in [5.41, 5.74) is 8.75. The van der Waals surface area contributed by atoms with Gasteiger partial charge in [-0.3, -0.25) is 4.99 Å². The van der Waals surface area contributed by atoms with Crippen LogP contribution in [0.5, 0.6) is 0 Å². The molecule has 3 N–H and O–H groups in total. The summed E-state index contributed by atoms with van der Waals surface area (Å²) in [6.07, 6.45) is 2.27. The molecule has 1 atom stereocenters. The first-order valence-corrected chi connectivity index (χ1v) is 6.78. The third-order valence-corrected chi connectivity index (χ3v) is 3.47. The van der Waals surface area contributed by atoms with Crippen molar-refractivity contribution in [3.8, 4) is 0 Å². The number of hydrogen-bond acceptors (Lipinski definition) is 1. The lowest BCUT2D eigenvalue weighted by atomic mass is 9.78. The molecule has 1 aromatic carbocycles. The fourth-order valence-electron chi connectivity index (χ4n) is 2.28. The summed E-state index contributed by atoms with van der Waals surface area (Å²) in [5, 5.41) is 3.17. The third-order valence-electron chi connectivity index (χ3n) is 3.47. The molecule has 0 aromatic heterocycles. The Balaban J connectivity index is 1.75. The summed E-state index contributed by atoms with van der Waals surface area (Å²) in [7, 11) is 0. The lowest BCUT2D eigenvalue weighted by Crippen LogP contribution is -2.34. The van der Waals surface area contributed by atoms with E-state index in [-0.39, 0.29) is 0 Å². The number of nitrogens with two attached hydrogens (primary N) is 1. The molecule has 0 fully saturated rings. The van der Waals surface area contributed by atoms with E-state index in [0.717, 1.165) is 25.9 Å². The van der Waals surface area contributed by atoms with Gasteiger partial charge in [0.15, 0.2) is 5.96 Å². The number of guanidine groups is 1. The highest BCUT2D eigenvalue weighted by Crippen LogP contribution is 2.34. The number of rotatable bonds is 5. The summed E-state index contributed by atoms with van der Waals surface area (Å²) < 4.78 is 0. The van der Waals surface area contributed by atoms with Crippen molar-refractivity contribution >= 4 is 5.96 Å². The highest BCUT2D eigenvalue weighted by molar-refractivity contribution is 5.77. The Labute approximate surface area is 109 Å². The molecule has 3 nitrogen and oxygen atoms in total. The Hall–Kier alpha value is -1.51. The van der Waals surface area contributed by atoms with Crippen molar-refractivity contribution in [2.24, 2.45) is 16.6 Å². The third kappa shape index (κ3) is 3.25. The molecule has 0 aliphatic heterocycles. The van der Waals surface area contributed by atoms with Crippen LogP contribution in [0.1, 0.15) is 37.3 Å². The molecule has 1 aliphatic rings. The summed E-state index contributed by atoms with van der Waals surface area (Å²) in [6.45, 7) is 6.13. The molecule has 0 saturated carbocycles. The molecule has 1 unspecified atom stereocenters. The molecular formula is C15H23N3. The van der Waals surface area contributed by atoms with Crippen molar-refractivity contribution < 1.29 is 0 Å². The molecule has 0 bridgehead atoms. The highest BCUT2D eigenvalue weighted by atomic mass is 15.1. The van der Waals surface area contributed by atoms with Crippen LogP contribution in [0, 0.1) is 5.92 Å². The molecule has 0 saturated heterocycles. The molecule has 1 aliphatic carbocycles. The summed E-state index contributed by atoms with van der Waals surface area (Å²) in [6, 6.07) is 8.58. The quantitative estimate of drug-likeness (QED) is 0.617. The van der Waals surface area contributed by atoms with E-state index in [1.165, 1.54) is 11.1 Å². The fourth-order valence-corrected chi connectivity index (χ4v) is 2.28. The monoisotopic (exact) mass is 245 g/mol. The van der Waals surface area contributed by atoms with Crippen LogP contribution in [0.25, 0.3) is 0 Å². The predicted molar refractivity (Wildman–Crippen MR) is 76.8 cm³/mol. The first-order chi connectivity index (χ1) is 8.66. The van der Waals surface area contributed by atoms with E-state index in [2.05, 4.69) is 48.4 Å². The van der Waals surface area contributed by atoms with Crippen molar-refractivity contribution in [2.45, 2.75) is 32.6 Å². The number of nitrogens with zero attached hydrogens (tertiary/aromatic N) is 1. The van der Waals surface area contributed by atoms with Crippen LogP contribution in [0.4, 0.5) is 0 Å². The lowest BCUT2D eigenvalue weighted by molar-refractivity contribution is 0.574. The lowest BCUT2D eigenvalue weighted by Gasteiger charge is -2.28. The van der Waals surface area contributed by atoms with E-state index in [1.807, 2.05) is 0 Å². The topological polar surface area (TPSA) is 50.4 Å². The fraction of sp³-hybridized carbons (Fsp3) is 0.533. The maximum absolute atomic E-state index is 5.85. The molecule has 0 amide bonds. The predicted octanol–water partition coefficient (Wildman–Crippen LogP) is 2.28. The summed E-state index contributed by atoms with van der Waals surface area (Å²) >= 11 is 0. The van der Waals surface area contributed by atoms with Crippen LogP contribution in [0.3, 0.4) is 0 Å². The van der Waals surface area contributed by atoms with E-state index in [9.17, 15) is 0 Å². The minimum atomic E-state index is 0.562. The van der Waals surface area contributed by atoms with E-state index in [1.54, 1.807) is 0 Å². The molecule has 2 rings (SSSR count). The van der Waals surface area contributed by atoms with Crippen LogP contribution < -0.4 is 11.1 Å². The number of fused-ring (bicyclic) bond motifs is 1. The second kappa shape index (κ2) is 5.89. The van der Waals surface area contributed by atoms with Gasteiger partial charge in [0.1, 0.15) is 0 Å². The average Bonchev–Trinajstić information content (AvgIpc) is 2.30. The van der Waals surface area contributed by atoms with Crippen molar-refractivity contribution in [3.05, 3.63) is 35.4 Å². The number of aliphatic imine (C=N–C) groups is 1.